The summed E-state index contributed by atoms with van der Waals surface area (Å²) >= 11 is -4.34. The van der Waals surface area contributed by atoms with Gasteiger partial charge in [-0.05, 0) is 0 Å². The molecule has 5 rings (SSSR count). The molecule has 0 saturated carbocycles. The third-order valence-electron chi connectivity index (χ3n) is 6.59. The second kappa shape index (κ2) is 13.4. The SMILES string of the molecule is O=C(N/N=C/c1ccc(/C=N/NC(=O)c2ccccc2O)[n]1[Sn]([Cl])([c]1ccccc1)[c]1ccccc1)c1ccccc1O. The summed E-state index contributed by atoms with van der Waals surface area (Å²) in [7, 11) is 7.79. The third kappa shape index (κ3) is 6.47. The molecule has 1 heterocycles. The molecule has 5 aromatic rings. The maximum atomic E-state index is 12.6. The number of hydrogen-bond donors (Lipinski definition) is 4. The van der Waals surface area contributed by atoms with Crippen LogP contribution in [0.2, 0.25) is 0 Å². The fourth-order valence-corrected chi connectivity index (χ4v) is 16.4. The van der Waals surface area contributed by atoms with Crippen molar-refractivity contribution < 1.29 is 19.8 Å². The number of aromatic hydroxyl groups is 2. The second-order valence-electron chi connectivity index (χ2n) is 9.31. The van der Waals surface area contributed by atoms with Gasteiger partial charge in [-0.3, -0.25) is 0 Å². The molecule has 11 heteroatoms. The average molecular weight is 699 g/mol. The quantitative estimate of drug-likeness (QED) is 0.106. The van der Waals surface area contributed by atoms with Gasteiger partial charge in [-0.2, -0.15) is 0 Å². The first-order chi connectivity index (χ1) is 20.9. The van der Waals surface area contributed by atoms with Crippen LogP contribution in [0.5, 0.6) is 11.5 Å². The molecule has 0 radical (unpaired) electrons. The number of carbonyl (C=O) groups excluding carboxylic acids is 2. The topological polar surface area (TPSA) is 128 Å². The van der Waals surface area contributed by atoms with Gasteiger partial charge in [0.2, 0.25) is 0 Å². The number of nitrogens with zero attached hydrogens (tertiary/aromatic N) is 3. The number of para-hydroxylation sites is 2. The molecule has 0 saturated heterocycles. The molecule has 4 aromatic carbocycles. The van der Waals surface area contributed by atoms with Gasteiger partial charge in [0.1, 0.15) is 0 Å². The summed E-state index contributed by atoms with van der Waals surface area (Å²) in [6, 6.07) is 35.4. The fourth-order valence-electron chi connectivity index (χ4n) is 4.53. The van der Waals surface area contributed by atoms with Crippen LogP contribution in [-0.2, 0) is 0 Å². The van der Waals surface area contributed by atoms with E-state index in [2.05, 4.69) is 21.1 Å². The van der Waals surface area contributed by atoms with Crippen LogP contribution in [0.15, 0.2) is 132 Å². The van der Waals surface area contributed by atoms with Crippen molar-refractivity contribution >= 4 is 57.8 Å². The van der Waals surface area contributed by atoms with Gasteiger partial charge >= 0.3 is 257 Å². The zero-order valence-corrected chi connectivity index (χ0v) is 26.2. The van der Waals surface area contributed by atoms with Crippen molar-refractivity contribution in [3.05, 3.63) is 144 Å². The van der Waals surface area contributed by atoms with E-state index in [1.807, 2.05) is 63.5 Å². The Balaban J connectivity index is 1.55. The molecule has 0 unspecified atom stereocenters. The Morgan fingerprint density at radius 3 is 1.37 bits per heavy atom. The minimum absolute atomic E-state index is 0.0856. The van der Waals surface area contributed by atoms with Gasteiger partial charge in [-0.1, -0.05) is 0 Å². The van der Waals surface area contributed by atoms with Gasteiger partial charge in [-0.15, -0.1) is 0 Å². The molecule has 43 heavy (non-hydrogen) atoms. The van der Waals surface area contributed by atoms with E-state index in [-0.39, 0.29) is 22.6 Å². The van der Waals surface area contributed by atoms with Crippen molar-refractivity contribution in [2.75, 3.05) is 0 Å². The normalized spacial score (nSPS) is 11.6. The predicted octanol–water partition coefficient (Wildman–Crippen LogP) is 3.77. The molecule has 4 N–H and O–H groups in total. The summed E-state index contributed by atoms with van der Waals surface area (Å²) in [6.45, 7) is 0. The number of nitrogens with one attached hydrogen (secondary N) is 2. The van der Waals surface area contributed by atoms with E-state index in [1.54, 1.807) is 36.4 Å². The number of hydrazone groups is 2. The molecule has 214 valence electrons. The number of carbonyl (C=O) groups is 2. The Bertz CT molecular complexity index is 1680. The molecule has 2 amide bonds. The molecule has 0 aliphatic heterocycles. The van der Waals surface area contributed by atoms with Crippen molar-refractivity contribution in [1.82, 2.24) is 13.6 Å². The summed E-state index contributed by atoms with van der Waals surface area (Å²) < 4.78 is 3.87. The van der Waals surface area contributed by atoms with Crippen LogP contribution in [0.25, 0.3) is 0 Å². The Morgan fingerprint density at radius 2 is 0.977 bits per heavy atom. The Labute approximate surface area is 255 Å². The Kier molecular flexibility index (Phi) is 9.23. The maximum absolute atomic E-state index is 12.6. The molecule has 9 nitrogen and oxygen atoms in total. The molecule has 0 atom stereocenters. The number of aromatic nitrogens is 1. The summed E-state index contributed by atoms with van der Waals surface area (Å²) in [5.41, 5.74) is 6.27. The first-order valence-electron chi connectivity index (χ1n) is 13.1. The van der Waals surface area contributed by atoms with Crippen LogP contribution in [0, 0.1) is 0 Å². The van der Waals surface area contributed by atoms with Gasteiger partial charge < -0.3 is 0 Å². The van der Waals surface area contributed by atoms with Crippen molar-refractivity contribution in [3.8, 4) is 11.5 Å². The fraction of sp³-hybridized carbons (Fsp3) is 0. The molecule has 0 fully saturated rings. The molecular weight excluding hydrogens is 673 g/mol. The Morgan fingerprint density at radius 1 is 0.605 bits per heavy atom. The summed E-state index contributed by atoms with van der Waals surface area (Å²) in [6.07, 6.45) is 2.96. The van der Waals surface area contributed by atoms with Gasteiger partial charge in [0.05, 0.1) is 0 Å². The van der Waals surface area contributed by atoms with E-state index in [9.17, 15) is 19.8 Å². The number of halogens is 1. The zero-order chi connectivity index (χ0) is 30.2. The van der Waals surface area contributed by atoms with Gasteiger partial charge in [0.25, 0.3) is 0 Å². The minimum atomic E-state index is -4.34. The zero-order valence-electron chi connectivity index (χ0n) is 22.6. The van der Waals surface area contributed by atoms with E-state index in [4.69, 9.17) is 8.92 Å². The summed E-state index contributed by atoms with van der Waals surface area (Å²) in [4.78, 5) is 25.3. The van der Waals surface area contributed by atoms with Crippen LogP contribution >= 0.6 is 8.92 Å². The van der Waals surface area contributed by atoms with E-state index in [1.165, 1.54) is 36.7 Å². The van der Waals surface area contributed by atoms with Gasteiger partial charge in [0, 0.05) is 0 Å². The number of phenolic OH excluding ortho intramolecular Hbond substituents is 2. The number of benzene rings is 4. The molecule has 0 bridgehead atoms. The second-order valence-corrected chi connectivity index (χ2v) is 21.1. The van der Waals surface area contributed by atoms with Crippen molar-refractivity contribution in [2.45, 2.75) is 0 Å². The van der Waals surface area contributed by atoms with Crippen molar-refractivity contribution in [1.29, 1.82) is 0 Å². The van der Waals surface area contributed by atoms with Crippen LogP contribution in [0.1, 0.15) is 32.1 Å². The van der Waals surface area contributed by atoms with Crippen LogP contribution in [-0.4, -0.2) is 54.8 Å². The first-order valence-corrected chi connectivity index (χ1v) is 20.9. The van der Waals surface area contributed by atoms with Crippen molar-refractivity contribution in [3.63, 3.8) is 0 Å². The van der Waals surface area contributed by atoms with Gasteiger partial charge in [0.15, 0.2) is 0 Å². The van der Waals surface area contributed by atoms with Gasteiger partial charge in [-0.25, -0.2) is 0 Å². The van der Waals surface area contributed by atoms with Crippen LogP contribution < -0.4 is 18.0 Å². The van der Waals surface area contributed by atoms with E-state index in [0.29, 0.717) is 11.4 Å². The number of rotatable bonds is 9. The van der Waals surface area contributed by atoms with E-state index in [0.717, 1.165) is 7.16 Å². The first kappa shape index (κ1) is 29.6. The molecule has 0 aliphatic rings. The molecule has 1 aromatic heterocycles. The van der Waals surface area contributed by atoms with E-state index >= 15 is 0 Å². The molecule has 0 spiro atoms. The van der Waals surface area contributed by atoms with Crippen LogP contribution in [0.3, 0.4) is 0 Å². The third-order valence-corrected chi connectivity index (χ3v) is 20.1. The number of amides is 2. The number of hydrogen-bond acceptors (Lipinski definition) is 6. The monoisotopic (exact) mass is 699 g/mol. The van der Waals surface area contributed by atoms with Crippen molar-refractivity contribution in [2.24, 2.45) is 10.2 Å². The Hall–Kier alpha value is -4.87. The average Bonchev–Trinajstić information content (AvgIpc) is 3.44. The summed E-state index contributed by atoms with van der Waals surface area (Å²) in [5, 5.41) is 28.4. The molecule has 0 aliphatic carbocycles. The predicted molar refractivity (Wildman–Crippen MR) is 170 cm³/mol. The van der Waals surface area contributed by atoms with E-state index < -0.39 is 29.3 Å². The standard InChI is InChI=1S/C20H17N5O4.2C6H5.ClH.Sn/c26-17-7-3-1-5-15(17)19(28)24-21-11-13-9-10-14(23-13)12-22-25-20(29)16-6-2-4-8-18(16)27;2*1-2-4-6-5-3-1;;/h1-12H,(H5,21,22,23,24,25,26,27,28,29);2*1-5H;1H;/q;;;;+2/p-2. The molecular formula is C32H26ClN5O4Sn. The summed E-state index contributed by atoms with van der Waals surface area (Å²) in [5.74, 6) is -1.47. The van der Waals surface area contributed by atoms with Crippen LogP contribution in [0.4, 0.5) is 0 Å². The number of phenols is 2.